The van der Waals surface area contributed by atoms with E-state index >= 15 is 0 Å². The smallest absolute Gasteiger partial charge is 0.358 e. The number of esters is 1. The minimum atomic E-state index is -0.433. The number of anilines is 1. The minimum Gasteiger partial charge on any atom is -0.461 e. The number of carbonyl (C=O) groups excluding carboxylic acids is 1. The summed E-state index contributed by atoms with van der Waals surface area (Å²) in [5, 5.41) is 3.69. The number of benzene rings is 1. The van der Waals surface area contributed by atoms with Gasteiger partial charge in [-0.05, 0) is 26.8 Å². The number of aromatic nitrogens is 1. The summed E-state index contributed by atoms with van der Waals surface area (Å²) in [5.74, 6) is -0.700. The lowest BCUT2D eigenvalue weighted by molar-refractivity contribution is 0.0519. The number of rotatable bonds is 5. The van der Waals surface area contributed by atoms with Gasteiger partial charge in [0, 0.05) is 10.4 Å². The third-order valence-electron chi connectivity index (χ3n) is 2.98. The zero-order valence-electron chi connectivity index (χ0n) is 12.1. The highest BCUT2D eigenvalue weighted by Crippen LogP contribution is 2.27. The SMILES string of the molecule is CCOC(=O)c1nc(NC(C)c2ccccc2F)sc1C. The predicted octanol–water partition coefficient (Wildman–Crippen LogP) is 3.94. The predicted molar refractivity (Wildman–Crippen MR) is 81.2 cm³/mol. The van der Waals surface area contributed by atoms with E-state index in [0.717, 1.165) is 4.88 Å². The van der Waals surface area contributed by atoms with Crippen molar-refractivity contribution in [2.24, 2.45) is 0 Å². The van der Waals surface area contributed by atoms with Crippen LogP contribution in [0.25, 0.3) is 0 Å². The standard InChI is InChI=1S/C15H17FN2O2S/c1-4-20-14(19)13-10(3)21-15(18-13)17-9(2)11-7-5-6-8-12(11)16/h5-9H,4H2,1-3H3,(H,17,18). The molecule has 6 heteroatoms. The molecule has 0 fully saturated rings. The Hall–Kier alpha value is -1.95. The van der Waals surface area contributed by atoms with Crippen LogP contribution in [0.3, 0.4) is 0 Å². The second-order valence-electron chi connectivity index (χ2n) is 4.53. The number of nitrogens with zero attached hydrogens (tertiary/aromatic N) is 1. The van der Waals surface area contributed by atoms with Crippen LogP contribution >= 0.6 is 11.3 Å². The van der Waals surface area contributed by atoms with Crippen molar-refractivity contribution in [3.05, 3.63) is 46.2 Å². The van der Waals surface area contributed by atoms with Crippen molar-refractivity contribution in [1.82, 2.24) is 4.98 Å². The largest absolute Gasteiger partial charge is 0.461 e. The highest BCUT2D eigenvalue weighted by molar-refractivity contribution is 7.15. The van der Waals surface area contributed by atoms with Crippen LogP contribution in [-0.2, 0) is 4.74 Å². The molecule has 0 saturated carbocycles. The van der Waals surface area contributed by atoms with E-state index in [1.54, 1.807) is 25.1 Å². The van der Waals surface area contributed by atoms with Crippen molar-refractivity contribution >= 4 is 22.4 Å². The van der Waals surface area contributed by atoms with E-state index in [0.29, 0.717) is 23.0 Å². The molecule has 1 unspecified atom stereocenters. The van der Waals surface area contributed by atoms with Gasteiger partial charge >= 0.3 is 5.97 Å². The molecular formula is C15H17FN2O2S. The molecule has 0 aliphatic carbocycles. The van der Waals surface area contributed by atoms with Gasteiger partial charge in [0.25, 0.3) is 0 Å². The lowest BCUT2D eigenvalue weighted by atomic mass is 10.1. The van der Waals surface area contributed by atoms with Crippen LogP contribution in [0.5, 0.6) is 0 Å². The average Bonchev–Trinajstić information content (AvgIpc) is 2.80. The molecular weight excluding hydrogens is 291 g/mol. The van der Waals surface area contributed by atoms with Crippen molar-refractivity contribution < 1.29 is 13.9 Å². The fourth-order valence-electron chi connectivity index (χ4n) is 1.94. The van der Waals surface area contributed by atoms with E-state index < -0.39 is 5.97 Å². The number of hydrogen-bond donors (Lipinski definition) is 1. The molecule has 4 nitrogen and oxygen atoms in total. The topological polar surface area (TPSA) is 51.2 Å². The third kappa shape index (κ3) is 3.58. The molecule has 0 amide bonds. The molecule has 2 rings (SSSR count). The first-order chi connectivity index (χ1) is 10.0. The van der Waals surface area contributed by atoms with Crippen molar-refractivity contribution in [1.29, 1.82) is 0 Å². The van der Waals surface area contributed by atoms with Gasteiger partial charge in [0.1, 0.15) is 5.82 Å². The van der Waals surface area contributed by atoms with Gasteiger partial charge in [0.15, 0.2) is 10.8 Å². The van der Waals surface area contributed by atoms with Gasteiger partial charge in [-0.25, -0.2) is 14.2 Å². The molecule has 0 aliphatic heterocycles. The van der Waals surface area contributed by atoms with Crippen LogP contribution < -0.4 is 5.32 Å². The summed E-state index contributed by atoms with van der Waals surface area (Å²) in [6.45, 7) is 5.71. The molecule has 1 aromatic heterocycles. The summed E-state index contributed by atoms with van der Waals surface area (Å²) in [7, 11) is 0. The van der Waals surface area contributed by atoms with E-state index in [2.05, 4.69) is 10.3 Å². The molecule has 0 bridgehead atoms. The summed E-state index contributed by atoms with van der Waals surface area (Å²) in [6, 6.07) is 6.34. The first kappa shape index (κ1) is 15.4. The molecule has 0 aliphatic rings. The van der Waals surface area contributed by atoms with Crippen molar-refractivity contribution in [2.45, 2.75) is 26.8 Å². The molecule has 1 atom stereocenters. The van der Waals surface area contributed by atoms with Crippen molar-refractivity contribution in [2.75, 3.05) is 11.9 Å². The third-order valence-corrected chi connectivity index (χ3v) is 3.88. The number of aryl methyl sites for hydroxylation is 1. The van der Waals surface area contributed by atoms with Gasteiger partial charge in [-0.15, -0.1) is 11.3 Å². The Bertz CT molecular complexity index is 642. The van der Waals surface area contributed by atoms with E-state index in [1.807, 2.05) is 13.8 Å². The zero-order valence-corrected chi connectivity index (χ0v) is 13.0. The monoisotopic (exact) mass is 308 g/mol. The van der Waals surface area contributed by atoms with Crippen LogP contribution in [0.2, 0.25) is 0 Å². The maximum Gasteiger partial charge on any atom is 0.358 e. The van der Waals surface area contributed by atoms with Gasteiger partial charge in [-0.2, -0.15) is 0 Å². The van der Waals surface area contributed by atoms with Crippen LogP contribution in [0, 0.1) is 12.7 Å². The summed E-state index contributed by atoms with van der Waals surface area (Å²) < 4.78 is 18.7. The molecule has 21 heavy (non-hydrogen) atoms. The normalized spacial score (nSPS) is 12.0. The maximum atomic E-state index is 13.7. The Morgan fingerprint density at radius 1 is 1.48 bits per heavy atom. The number of thiazole rings is 1. The maximum absolute atomic E-state index is 13.7. The summed E-state index contributed by atoms with van der Waals surface area (Å²) in [6.07, 6.45) is 0. The van der Waals surface area contributed by atoms with Gasteiger partial charge in [-0.3, -0.25) is 0 Å². The Kier molecular flexibility index (Phi) is 4.90. The van der Waals surface area contributed by atoms with Crippen LogP contribution in [0.1, 0.15) is 40.8 Å². The zero-order chi connectivity index (χ0) is 15.4. The molecule has 1 heterocycles. The highest BCUT2D eigenvalue weighted by atomic mass is 32.1. The van der Waals surface area contributed by atoms with E-state index in [-0.39, 0.29) is 11.9 Å². The van der Waals surface area contributed by atoms with E-state index in [4.69, 9.17) is 4.74 Å². The number of ether oxygens (including phenoxy) is 1. The number of nitrogens with one attached hydrogen (secondary N) is 1. The van der Waals surface area contributed by atoms with E-state index in [9.17, 15) is 9.18 Å². The second-order valence-corrected chi connectivity index (χ2v) is 5.74. The summed E-state index contributed by atoms with van der Waals surface area (Å²) >= 11 is 1.35. The van der Waals surface area contributed by atoms with Gasteiger partial charge in [0.2, 0.25) is 0 Å². The van der Waals surface area contributed by atoms with Gasteiger partial charge < -0.3 is 10.1 Å². The Morgan fingerprint density at radius 2 is 2.19 bits per heavy atom. The molecule has 0 spiro atoms. The molecule has 1 aromatic carbocycles. The fourth-order valence-corrected chi connectivity index (χ4v) is 2.82. The molecule has 0 saturated heterocycles. The molecule has 0 radical (unpaired) electrons. The molecule has 112 valence electrons. The lowest BCUT2D eigenvalue weighted by Gasteiger charge is -2.13. The first-order valence-electron chi connectivity index (χ1n) is 6.68. The number of halogens is 1. The molecule has 1 N–H and O–H groups in total. The minimum absolute atomic E-state index is 0.244. The van der Waals surface area contributed by atoms with Crippen LogP contribution in [0.15, 0.2) is 24.3 Å². The van der Waals surface area contributed by atoms with Crippen LogP contribution in [-0.4, -0.2) is 17.6 Å². The van der Waals surface area contributed by atoms with Crippen molar-refractivity contribution in [3.63, 3.8) is 0 Å². The quantitative estimate of drug-likeness (QED) is 0.850. The Balaban J connectivity index is 2.15. The highest BCUT2D eigenvalue weighted by Gasteiger charge is 2.18. The second kappa shape index (κ2) is 6.67. The van der Waals surface area contributed by atoms with Crippen molar-refractivity contribution in [3.8, 4) is 0 Å². The summed E-state index contributed by atoms with van der Waals surface area (Å²) in [4.78, 5) is 16.7. The number of hydrogen-bond acceptors (Lipinski definition) is 5. The first-order valence-corrected chi connectivity index (χ1v) is 7.50. The summed E-state index contributed by atoms with van der Waals surface area (Å²) in [5.41, 5.74) is 0.869. The fraction of sp³-hybridized carbons (Fsp3) is 0.333. The van der Waals surface area contributed by atoms with E-state index in [1.165, 1.54) is 17.4 Å². The Labute approximate surface area is 127 Å². The van der Waals surface area contributed by atoms with Gasteiger partial charge in [-0.1, -0.05) is 18.2 Å². The van der Waals surface area contributed by atoms with Crippen LogP contribution in [0.4, 0.5) is 9.52 Å². The Morgan fingerprint density at radius 3 is 2.86 bits per heavy atom. The lowest BCUT2D eigenvalue weighted by Crippen LogP contribution is -2.09. The average molecular weight is 308 g/mol. The van der Waals surface area contributed by atoms with Gasteiger partial charge in [0.05, 0.1) is 12.6 Å². The number of carbonyl (C=O) groups is 1. The molecule has 2 aromatic rings.